The molecule has 1 radical (unpaired) electrons. The fourth-order valence-electron chi connectivity index (χ4n) is 4.16. The number of hydrogen-bond donors (Lipinski definition) is 2. The number of nitrogens with one attached hydrogen (secondary N) is 2. The topological polar surface area (TPSA) is 144 Å². The maximum Gasteiger partial charge on any atom is 0.339 e. The molecule has 0 spiro atoms. The molecule has 11 nitrogen and oxygen atoms in total. The zero-order valence-corrected chi connectivity index (χ0v) is 24.3. The molecule has 0 aliphatic carbocycles. The number of carbonyl (C=O) groups excluding carboxylic acids is 2. The van der Waals surface area contributed by atoms with E-state index in [1.807, 2.05) is 47.3 Å². The Kier molecular flexibility index (Phi) is 8.83. The van der Waals surface area contributed by atoms with Gasteiger partial charge in [-0.2, -0.15) is 4.98 Å². The van der Waals surface area contributed by atoms with Crippen LogP contribution in [-0.4, -0.2) is 84.0 Å². The van der Waals surface area contributed by atoms with Crippen LogP contribution in [0.1, 0.15) is 5.56 Å². The van der Waals surface area contributed by atoms with Crippen molar-refractivity contribution >= 4 is 70.6 Å². The monoisotopic (exact) mass is 561 g/mol. The average molecular weight is 562 g/mol. The minimum atomic E-state index is -1.43. The molecule has 3 aromatic rings. The molecule has 2 aromatic heterocycles. The molecular weight excluding hydrogens is 539 g/mol. The smallest absolute Gasteiger partial charge is 0.339 e. The van der Waals surface area contributed by atoms with Crippen molar-refractivity contribution in [2.24, 2.45) is 7.05 Å². The van der Waals surface area contributed by atoms with Crippen LogP contribution >= 0.6 is 23.5 Å². The summed E-state index contributed by atoms with van der Waals surface area (Å²) in [6.07, 6.45) is 3.84. The minimum absolute atomic E-state index is 0. The number of anilines is 1. The first-order valence-electron chi connectivity index (χ1n) is 11.3. The van der Waals surface area contributed by atoms with Crippen LogP contribution in [0.15, 0.2) is 80.9 Å². The Bertz CT molecular complexity index is 1510. The van der Waals surface area contributed by atoms with Crippen LogP contribution in [0.25, 0.3) is 0 Å². The molecule has 0 unspecified atom stereocenters. The fourth-order valence-corrected chi connectivity index (χ4v) is 6.56. The van der Waals surface area contributed by atoms with Crippen LogP contribution in [0, 0.1) is 0 Å². The molecule has 0 bridgehead atoms. The van der Waals surface area contributed by atoms with Gasteiger partial charge < -0.3 is 15.2 Å². The molecule has 191 valence electrons. The van der Waals surface area contributed by atoms with E-state index in [4.69, 9.17) is 0 Å². The number of rotatable bonds is 8. The van der Waals surface area contributed by atoms with Crippen LogP contribution in [0.5, 0.6) is 0 Å². The first-order valence-corrected chi connectivity index (χ1v) is 13.3. The van der Waals surface area contributed by atoms with E-state index in [1.165, 1.54) is 34.0 Å². The number of carboxylic acids is 1. The Labute approximate surface area is 247 Å². The van der Waals surface area contributed by atoms with Crippen molar-refractivity contribution in [3.63, 3.8) is 0 Å². The fraction of sp³-hybridized carbons (Fsp3) is 0.250. The van der Waals surface area contributed by atoms with E-state index in [0.29, 0.717) is 11.3 Å². The largest absolute Gasteiger partial charge is 0.543 e. The van der Waals surface area contributed by atoms with Gasteiger partial charge in [-0.05, 0) is 5.57 Å². The molecule has 5 rings (SSSR count). The third kappa shape index (κ3) is 5.76. The summed E-state index contributed by atoms with van der Waals surface area (Å²) in [6, 6.07) is 13.2. The van der Waals surface area contributed by atoms with E-state index in [2.05, 4.69) is 27.5 Å². The second kappa shape index (κ2) is 11.9. The number of fused-ring (bicyclic) bond motifs is 1. The third-order valence-corrected chi connectivity index (χ3v) is 8.44. The number of aliphatic carboxylic acids is 1. The Morgan fingerprint density at radius 1 is 1.21 bits per heavy atom. The molecule has 4 heterocycles. The van der Waals surface area contributed by atoms with Gasteiger partial charge >= 0.3 is 11.1 Å². The van der Waals surface area contributed by atoms with Crippen molar-refractivity contribution in [2.45, 2.75) is 23.1 Å². The molecule has 2 aliphatic rings. The predicted molar refractivity (Wildman–Crippen MR) is 141 cm³/mol. The van der Waals surface area contributed by atoms with E-state index < -0.39 is 23.1 Å². The average Bonchev–Trinajstić information content (AvgIpc) is 2.89. The molecular formula is C24H22N6NaO5S2. The molecule has 2 N–H and O–H groups in total. The first kappa shape index (κ1) is 28.2. The molecule has 1 amide bonds. The predicted octanol–water partition coefficient (Wildman–Crippen LogP) is -1.08. The van der Waals surface area contributed by atoms with Crippen LogP contribution in [0.4, 0.5) is 5.69 Å². The number of carbonyl (C=O) groups is 2. The summed E-state index contributed by atoms with van der Waals surface area (Å²) < 4.78 is 3.32. The number of carboxylic acid groups (broad SMARTS) is 1. The minimum Gasteiger partial charge on any atom is -0.543 e. The third-order valence-electron chi connectivity index (χ3n) is 5.98. The molecule has 2 atom stereocenters. The van der Waals surface area contributed by atoms with Gasteiger partial charge in [-0.3, -0.25) is 29.1 Å². The molecule has 1 aromatic carbocycles. The van der Waals surface area contributed by atoms with Gasteiger partial charge in [0.05, 0.1) is 11.7 Å². The number of benzene rings is 1. The molecule has 38 heavy (non-hydrogen) atoms. The van der Waals surface area contributed by atoms with Crippen molar-refractivity contribution in [2.75, 3.05) is 16.8 Å². The molecule has 1 fully saturated rings. The normalized spacial score (nSPS) is 18.3. The number of H-pyrrole nitrogens is 1. The van der Waals surface area contributed by atoms with Crippen molar-refractivity contribution in [3.8, 4) is 0 Å². The summed E-state index contributed by atoms with van der Waals surface area (Å²) in [6.45, 7) is 0.721. The van der Waals surface area contributed by atoms with Gasteiger partial charge in [-0.25, -0.2) is 4.57 Å². The first-order chi connectivity index (χ1) is 17.8. The molecule has 0 saturated carbocycles. The number of amides is 1. The van der Waals surface area contributed by atoms with Crippen LogP contribution in [0.2, 0.25) is 0 Å². The van der Waals surface area contributed by atoms with Gasteiger partial charge in [-0.15, -0.1) is 11.8 Å². The van der Waals surface area contributed by atoms with Crippen LogP contribution in [0.3, 0.4) is 0 Å². The zero-order valence-electron chi connectivity index (χ0n) is 20.6. The van der Waals surface area contributed by atoms with Gasteiger partial charge in [0.15, 0.2) is 24.1 Å². The van der Waals surface area contributed by atoms with Crippen LogP contribution < -0.4 is 26.1 Å². The maximum atomic E-state index is 13.0. The van der Waals surface area contributed by atoms with Gasteiger partial charge in [0.2, 0.25) is 0 Å². The number of aromatic amines is 1. The zero-order chi connectivity index (χ0) is 26.1. The number of aryl methyl sites for hydroxylation is 1. The van der Waals surface area contributed by atoms with E-state index in [0.717, 1.165) is 24.0 Å². The number of pyridine rings is 1. The number of hydrogen-bond acceptors (Lipinski definition) is 9. The maximum absolute atomic E-state index is 13.0. The quantitative estimate of drug-likeness (QED) is 0.115. The Balaban J connectivity index is 0.00000336. The molecule has 2 aliphatic heterocycles. The van der Waals surface area contributed by atoms with E-state index in [9.17, 15) is 24.3 Å². The standard InChI is InChI=1S/C24H22N6O5S2.Na/c1-28-24(26-19(31)20(32)27-28)37-13-15-12-36-22-17(21(33)30(22)18(15)23(34)35)25-16-7-9-29(10-8-16)11-14-5-3-2-4-6-14;/h2-10,17,22H,11-13H2,1H3,(H2,27,32,34,35);/t17-,22-;/m1./s1. The van der Waals surface area contributed by atoms with Crippen molar-refractivity contribution in [1.82, 2.24) is 19.7 Å². The SMILES string of the molecule is Cn1[nH]c(=O)c(=O)nc1SCC1=C(C(=O)[O-])N2C(=O)[C@@H](Nc3cc[n+](Cc4ccccc4)cc3)[C@H]2SC1.[Na]. The van der Waals surface area contributed by atoms with Gasteiger partial charge in [0, 0.05) is 71.5 Å². The Morgan fingerprint density at radius 3 is 2.61 bits per heavy atom. The van der Waals surface area contributed by atoms with Crippen molar-refractivity contribution in [3.05, 3.63) is 92.4 Å². The Morgan fingerprint density at radius 2 is 1.92 bits per heavy atom. The number of thioether (sulfide) groups is 2. The second-order valence-corrected chi connectivity index (χ2v) is 10.6. The summed E-state index contributed by atoms with van der Waals surface area (Å²) in [5, 5.41) is 17.4. The molecule has 1 saturated heterocycles. The summed E-state index contributed by atoms with van der Waals surface area (Å²) in [5.41, 5.74) is 0.500. The van der Waals surface area contributed by atoms with Crippen LogP contribution in [-0.2, 0) is 23.2 Å². The summed E-state index contributed by atoms with van der Waals surface area (Å²) >= 11 is 2.55. The Hall–Kier alpha value is -2.84. The summed E-state index contributed by atoms with van der Waals surface area (Å²) in [7, 11) is 1.53. The summed E-state index contributed by atoms with van der Waals surface area (Å²) in [5.74, 6) is -1.25. The van der Waals surface area contributed by atoms with Gasteiger partial charge in [0.1, 0.15) is 11.4 Å². The second-order valence-electron chi connectivity index (χ2n) is 8.50. The van der Waals surface area contributed by atoms with Gasteiger partial charge in [-0.1, -0.05) is 42.1 Å². The van der Waals surface area contributed by atoms with Crippen molar-refractivity contribution in [1.29, 1.82) is 0 Å². The van der Waals surface area contributed by atoms with Gasteiger partial charge in [0.25, 0.3) is 5.91 Å². The van der Waals surface area contributed by atoms with E-state index in [1.54, 1.807) is 0 Å². The number of nitrogens with zero attached hydrogens (tertiary/aromatic N) is 4. The molecule has 14 heteroatoms. The van der Waals surface area contributed by atoms with Crippen molar-refractivity contribution < 1.29 is 19.3 Å². The number of β-lactam (4-membered cyclic amide) rings is 1. The summed E-state index contributed by atoms with van der Waals surface area (Å²) in [4.78, 5) is 53.0. The van der Waals surface area contributed by atoms with E-state index >= 15 is 0 Å². The van der Waals surface area contributed by atoms with E-state index in [-0.39, 0.29) is 57.4 Å². The number of aromatic nitrogens is 4.